The summed E-state index contributed by atoms with van der Waals surface area (Å²) in [5.74, 6) is -1.38. The number of rotatable bonds is 2. The van der Waals surface area contributed by atoms with Crippen molar-refractivity contribution in [3.05, 3.63) is 35.4 Å². The summed E-state index contributed by atoms with van der Waals surface area (Å²) in [6, 6.07) is 3.12. The van der Waals surface area contributed by atoms with Crippen LogP contribution in [0.5, 0.6) is 0 Å². The molecule has 0 aliphatic heterocycles. The van der Waals surface area contributed by atoms with Gasteiger partial charge in [0, 0.05) is 17.0 Å². The molecule has 1 N–H and O–H groups in total. The molecule has 0 aliphatic rings. The Balaban J connectivity index is 3.16. The molecule has 1 aromatic carbocycles. The molecule has 1 rings (SSSR count). The molecule has 1 aromatic rings. The van der Waals surface area contributed by atoms with Gasteiger partial charge >= 0.3 is 0 Å². The Morgan fingerprint density at radius 2 is 2.08 bits per heavy atom. The van der Waals surface area contributed by atoms with Crippen LogP contribution in [0.2, 0.25) is 0 Å². The summed E-state index contributed by atoms with van der Waals surface area (Å²) in [5.41, 5.74) is -1.22. The van der Waals surface area contributed by atoms with Crippen LogP contribution >= 0.6 is 15.9 Å². The summed E-state index contributed by atoms with van der Waals surface area (Å²) in [4.78, 5) is 0. The van der Waals surface area contributed by atoms with Crippen molar-refractivity contribution in [2.24, 2.45) is 0 Å². The van der Waals surface area contributed by atoms with Gasteiger partial charge in [0.15, 0.2) is 0 Å². The van der Waals surface area contributed by atoms with Crippen molar-refractivity contribution in [1.29, 1.82) is 0 Å². The molecular weight excluding hydrogens is 242 g/mol. The molecule has 72 valence electrons. The van der Waals surface area contributed by atoms with Crippen LogP contribution < -0.4 is 0 Å². The third-order valence-corrected chi connectivity index (χ3v) is 2.86. The number of halogens is 3. The third-order valence-electron chi connectivity index (χ3n) is 1.77. The van der Waals surface area contributed by atoms with Gasteiger partial charge in [0.25, 0.3) is 0 Å². The van der Waals surface area contributed by atoms with Gasteiger partial charge < -0.3 is 5.11 Å². The molecule has 0 heterocycles. The van der Waals surface area contributed by atoms with Crippen LogP contribution in [0.3, 0.4) is 0 Å². The molecule has 0 amide bonds. The molecule has 1 nitrogen and oxygen atoms in total. The maximum Gasteiger partial charge on any atom is 0.132 e. The summed E-state index contributed by atoms with van der Waals surface area (Å²) in [5, 5.41) is 9.85. The molecule has 0 radical (unpaired) electrons. The lowest BCUT2D eigenvalue weighted by atomic mass is 9.98. The van der Waals surface area contributed by atoms with E-state index in [-0.39, 0.29) is 10.9 Å². The van der Waals surface area contributed by atoms with Gasteiger partial charge in [-0.25, -0.2) is 8.78 Å². The molecule has 0 bridgehead atoms. The van der Waals surface area contributed by atoms with Crippen LogP contribution in [0.4, 0.5) is 8.78 Å². The van der Waals surface area contributed by atoms with Gasteiger partial charge in [0.05, 0.1) is 5.60 Å². The summed E-state index contributed by atoms with van der Waals surface area (Å²) in [6.45, 7) is 1.46. The van der Waals surface area contributed by atoms with Gasteiger partial charge in [-0.1, -0.05) is 22.0 Å². The smallest absolute Gasteiger partial charge is 0.132 e. The normalized spacial score (nSPS) is 15.5. The van der Waals surface area contributed by atoms with E-state index in [1.165, 1.54) is 13.0 Å². The second kappa shape index (κ2) is 3.72. The van der Waals surface area contributed by atoms with Crippen molar-refractivity contribution in [2.45, 2.75) is 12.5 Å². The summed E-state index contributed by atoms with van der Waals surface area (Å²) >= 11 is 3.05. The predicted octanol–water partition coefficient (Wildman–Crippen LogP) is 2.57. The Morgan fingerprint density at radius 1 is 1.46 bits per heavy atom. The lowest BCUT2D eigenvalue weighted by molar-refractivity contribution is 0.0810. The van der Waals surface area contributed by atoms with Crippen molar-refractivity contribution < 1.29 is 13.9 Å². The van der Waals surface area contributed by atoms with E-state index in [0.717, 1.165) is 12.1 Å². The first-order valence-corrected chi connectivity index (χ1v) is 4.83. The molecular formula is C9H9BrF2O. The van der Waals surface area contributed by atoms with Gasteiger partial charge in [0.2, 0.25) is 0 Å². The highest BCUT2D eigenvalue weighted by Gasteiger charge is 2.25. The third kappa shape index (κ3) is 2.25. The van der Waals surface area contributed by atoms with E-state index in [1.807, 2.05) is 0 Å². The molecule has 1 unspecified atom stereocenters. The van der Waals surface area contributed by atoms with Crippen LogP contribution in [-0.4, -0.2) is 10.4 Å². The minimum absolute atomic E-state index is 0.0887. The molecule has 0 aromatic heterocycles. The fourth-order valence-electron chi connectivity index (χ4n) is 0.998. The fraction of sp³-hybridized carbons (Fsp3) is 0.333. The van der Waals surface area contributed by atoms with E-state index < -0.39 is 17.2 Å². The van der Waals surface area contributed by atoms with Gasteiger partial charge in [-0.3, -0.25) is 0 Å². The molecule has 0 saturated heterocycles. The highest BCUT2D eigenvalue weighted by atomic mass is 79.9. The van der Waals surface area contributed by atoms with Crippen LogP contribution in [-0.2, 0) is 5.60 Å². The first-order valence-electron chi connectivity index (χ1n) is 3.71. The van der Waals surface area contributed by atoms with Crippen LogP contribution in [0.15, 0.2) is 18.2 Å². The number of benzene rings is 1. The summed E-state index contributed by atoms with van der Waals surface area (Å²) in [7, 11) is 0. The van der Waals surface area contributed by atoms with E-state index in [1.54, 1.807) is 0 Å². The molecule has 4 heteroatoms. The Kier molecular flexibility index (Phi) is 3.03. The number of alkyl halides is 1. The molecule has 0 fully saturated rings. The quantitative estimate of drug-likeness (QED) is 0.801. The first-order chi connectivity index (χ1) is 5.97. The van der Waals surface area contributed by atoms with E-state index in [9.17, 15) is 13.9 Å². The lowest BCUT2D eigenvalue weighted by Gasteiger charge is -2.21. The van der Waals surface area contributed by atoms with Gasteiger partial charge in [-0.15, -0.1) is 0 Å². The van der Waals surface area contributed by atoms with E-state index in [2.05, 4.69) is 15.9 Å². The summed E-state index contributed by atoms with van der Waals surface area (Å²) < 4.78 is 25.6. The zero-order chi connectivity index (χ0) is 10.1. The Hall–Kier alpha value is -0.480. The molecule has 0 spiro atoms. The van der Waals surface area contributed by atoms with Crippen LogP contribution in [0.1, 0.15) is 12.5 Å². The monoisotopic (exact) mass is 250 g/mol. The molecule has 0 saturated carbocycles. The van der Waals surface area contributed by atoms with Crippen molar-refractivity contribution in [3.63, 3.8) is 0 Å². The van der Waals surface area contributed by atoms with Crippen molar-refractivity contribution in [1.82, 2.24) is 0 Å². The minimum Gasteiger partial charge on any atom is -0.384 e. The summed E-state index contributed by atoms with van der Waals surface area (Å²) in [6.07, 6.45) is 0. The lowest BCUT2D eigenvalue weighted by Crippen LogP contribution is -2.24. The van der Waals surface area contributed by atoms with Crippen molar-refractivity contribution in [2.75, 3.05) is 5.33 Å². The topological polar surface area (TPSA) is 20.2 Å². The number of aliphatic hydroxyl groups is 1. The standard InChI is InChI=1S/C9H9BrF2O/c1-9(13,5-10)7-3-2-6(11)4-8(7)12/h2-4,13H,5H2,1H3. The average Bonchev–Trinajstić information content (AvgIpc) is 2.03. The Labute approximate surface area is 83.5 Å². The van der Waals surface area contributed by atoms with Crippen LogP contribution in [0.25, 0.3) is 0 Å². The SMILES string of the molecule is CC(O)(CBr)c1ccc(F)cc1F. The van der Waals surface area contributed by atoms with Crippen molar-refractivity contribution >= 4 is 15.9 Å². The molecule has 13 heavy (non-hydrogen) atoms. The maximum atomic E-state index is 13.1. The van der Waals surface area contributed by atoms with Gasteiger partial charge in [-0.05, 0) is 13.0 Å². The number of hydrogen-bond acceptors (Lipinski definition) is 1. The average molecular weight is 251 g/mol. The second-order valence-corrected chi connectivity index (χ2v) is 3.59. The second-order valence-electron chi connectivity index (χ2n) is 3.03. The van der Waals surface area contributed by atoms with Gasteiger partial charge in [-0.2, -0.15) is 0 Å². The highest BCUT2D eigenvalue weighted by molar-refractivity contribution is 9.09. The predicted molar refractivity (Wildman–Crippen MR) is 49.7 cm³/mol. The van der Waals surface area contributed by atoms with Crippen molar-refractivity contribution in [3.8, 4) is 0 Å². The zero-order valence-corrected chi connectivity index (χ0v) is 8.61. The Morgan fingerprint density at radius 3 is 2.54 bits per heavy atom. The van der Waals surface area contributed by atoms with E-state index >= 15 is 0 Å². The highest BCUT2D eigenvalue weighted by Crippen LogP contribution is 2.25. The maximum absolute atomic E-state index is 13.1. The minimum atomic E-state index is -1.31. The largest absolute Gasteiger partial charge is 0.384 e. The fourth-order valence-corrected chi connectivity index (χ4v) is 1.30. The van der Waals surface area contributed by atoms with Gasteiger partial charge in [0.1, 0.15) is 11.6 Å². The van der Waals surface area contributed by atoms with Crippen LogP contribution in [0, 0.1) is 11.6 Å². The molecule has 1 atom stereocenters. The van der Waals surface area contributed by atoms with E-state index in [0.29, 0.717) is 0 Å². The molecule has 0 aliphatic carbocycles. The first kappa shape index (κ1) is 10.6. The zero-order valence-electron chi connectivity index (χ0n) is 7.02. The number of hydrogen-bond donors (Lipinski definition) is 1. The van der Waals surface area contributed by atoms with E-state index in [4.69, 9.17) is 0 Å². The Bertz CT molecular complexity index is 312.